The molecule has 0 unspecified atom stereocenters. The van der Waals surface area contributed by atoms with Gasteiger partial charge in [0.1, 0.15) is 5.82 Å². The third-order valence-corrected chi connectivity index (χ3v) is 3.84. The van der Waals surface area contributed by atoms with Gasteiger partial charge in [0.05, 0.1) is 11.3 Å². The molecular weight excluding hydrogens is 277 g/mol. The topological polar surface area (TPSA) is 20.3 Å². The van der Waals surface area contributed by atoms with E-state index in [0.29, 0.717) is 6.54 Å². The summed E-state index contributed by atoms with van der Waals surface area (Å²) in [6, 6.07) is 10.1. The highest BCUT2D eigenvalue weighted by Gasteiger charge is 2.28. The standard InChI is InChI=1S/C16H13ClFNO/c1-10-3-2-4-11-7-8-19(15(10)11)16(20)13-6-5-12(17)9-14(13)18/h2-6,9H,7-8H2,1H3. The van der Waals surface area contributed by atoms with Crippen LogP contribution in [0.4, 0.5) is 10.1 Å². The number of hydrogen-bond acceptors (Lipinski definition) is 1. The molecule has 3 rings (SSSR count). The Bertz CT molecular complexity index is 699. The number of benzene rings is 2. The van der Waals surface area contributed by atoms with Crippen LogP contribution in [0.2, 0.25) is 5.02 Å². The second kappa shape index (κ2) is 4.91. The number of anilines is 1. The van der Waals surface area contributed by atoms with Gasteiger partial charge in [-0.2, -0.15) is 0 Å². The number of para-hydroxylation sites is 1. The maximum absolute atomic E-state index is 13.9. The minimum atomic E-state index is -0.579. The number of hydrogen-bond donors (Lipinski definition) is 0. The van der Waals surface area contributed by atoms with Crippen LogP contribution >= 0.6 is 11.6 Å². The first-order chi connectivity index (χ1) is 9.58. The van der Waals surface area contributed by atoms with Crippen LogP contribution in [0.25, 0.3) is 0 Å². The Hall–Kier alpha value is -1.87. The molecule has 4 heteroatoms. The maximum Gasteiger partial charge on any atom is 0.261 e. The van der Waals surface area contributed by atoms with E-state index in [1.807, 2.05) is 25.1 Å². The molecule has 20 heavy (non-hydrogen) atoms. The fourth-order valence-corrected chi connectivity index (χ4v) is 2.82. The van der Waals surface area contributed by atoms with Crippen LogP contribution in [0, 0.1) is 12.7 Å². The molecule has 0 fully saturated rings. The first kappa shape index (κ1) is 13.1. The van der Waals surface area contributed by atoms with Crippen molar-refractivity contribution in [3.05, 3.63) is 63.9 Å². The van der Waals surface area contributed by atoms with Gasteiger partial charge in [0.2, 0.25) is 0 Å². The lowest BCUT2D eigenvalue weighted by Crippen LogP contribution is -2.30. The molecule has 2 aromatic carbocycles. The minimum absolute atomic E-state index is 0.0607. The fourth-order valence-electron chi connectivity index (χ4n) is 2.66. The summed E-state index contributed by atoms with van der Waals surface area (Å²) in [5, 5.41) is 0.289. The molecule has 2 nitrogen and oxygen atoms in total. The number of amides is 1. The summed E-state index contributed by atoms with van der Waals surface area (Å²) in [4.78, 5) is 14.2. The largest absolute Gasteiger partial charge is 0.307 e. The summed E-state index contributed by atoms with van der Waals surface area (Å²) in [5.74, 6) is -0.892. The minimum Gasteiger partial charge on any atom is -0.307 e. The van der Waals surface area contributed by atoms with Gasteiger partial charge >= 0.3 is 0 Å². The van der Waals surface area contributed by atoms with Crippen molar-refractivity contribution in [3.8, 4) is 0 Å². The van der Waals surface area contributed by atoms with Crippen molar-refractivity contribution >= 4 is 23.2 Å². The Kier molecular flexibility index (Phi) is 3.22. The highest BCUT2D eigenvalue weighted by Crippen LogP contribution is 2.32. The Morgan fingerprint density at radius 1 is 1.30 bits per heavy atom. The molecule has 0 atom stereocenters. The fraction of sp³-hybridized carbons (Fsp3) is 0.188. The molecule has 0 bridgehead atoms. The molecule has 0 N–H and O–H groups in total. The van der Waals surface area contributed by atoms with E-state index < -0.39 is 5.82 Å². The zero-order chi connectivity index (χ0) is 14.3. The van der Waals surface area contributed by atoms with Gasteiger partial charge in [-0.05, 0) is 42.7 Å². The molecule has 0 aromatic heterocycles. The van der Waals surface area contributed by atoms with Gasteiger partial charge in [-0.3, -0.25) is 4.79 Å². The third kappa shape index (κ3) is 2.08. The molecule has 0 saturated heterocycles. The lowest BCUT2D eigenvalue weighted by atomic mass is 10.1. The van der Waals surface area contributed by atoms with Gasteiger partial charge in [-0.1, -0.05) is 29.8 Å². The summed E-state index contributed by atoms with van der Waals surface area (Å²) in [7, 11) is 0. The Balaban J connectivity index is 2.02. The Labute approximate surface area is 121 Å². The number of aryl methyl sites for hydroxylation is 1. The summed E-state index contributed by atoms with van der Waals surface area (Å²) >= 11 is 5.72. The molecule has 0 aliphatic carbocycles. The van der Waals surface area contributed by atoms with Gasteiger partial charge in [-0.15, -0.1) is 0 Å². The third-order valence-electron chi connectivity index (χ3n) is 3.60. The van der Waals surface area contributed by atoms with Crippen LogP contribution < -0.4 is 4.90 Å². The lowest BCUT2D eigenvalue weighted by molar-refractivity contribution is 0.0985. The van der Waals surface area contributed by atoms with Gasteiger partial charge in [0, 0.05) is 11.6 Å². The zero-order valence-corrected chi connectivity index (χ0v) is 11.7. The van der Waals surface area contributed by atoms with Crippen molar-refractivity contribution in [2.75, 3.05) is 11.4 Å². The Morgan fingerprint density at radius 2 is 2.10 bits per heavy atom. The van der Waals surface area contributed by atoms with Crippen LogP contribution in [0.15, 0.2) is 36.4 Å². The molecule has 1 heterocycles. The van der Waals surface area contributed by atoms with Crippen molar-refractivity contribution in [1.29, 1.82) is 0 Å². The number of carbonyl (C=O) groups excluding carboxylic acids is 1. The molecule has 1 aliphatic heterocycles. The summed E-state index contributed by atoms with van der Waals surface area (Å²) in [5.41, 5.74) is 3.13. The summed E-state index contributed by atoms with van der Waals surface area (Å²) in [6.07, 6.45) is 0.804. The van der Waals surface area contributed by atoms with Crippen molar-refractivity contribution in [2.45, 2.75) is 13.3 Å². The van der Waals surface area contributed by atoms with Gasteiger partial charge in [-0.25, -0.2) is 4.39 Å². The molecule has 1 aliphatic rings. The predicted molar refractivity (Wildman–Crippen MR) is 78.0 cm³/mol. The van der Waals surface area contributed by atoms with Crippen molar-refractivity contribution in [1.82, 2.24) is 0 Å². The van der Waals surface area contributed by atoms with Crippen LogP contribution in [0.1, 0.15) is 21.5 Å². The molecule has 2 aromatic rings. The molecule has 0 spiro atoms. The maximum atomic E-state index is 13.9. The average Bonchev–Trinajstić information content (AvgIpc) is 2.83. The van der Waals surface area contributed by atoms with Crippen LogP contribution in [-0.2, 0) is 6.42 Å². The van der Waals surface area contributed by atoms with Gasteiger partial charge < -0.3 is 4.90 Å². The van der Waals surface area contributed by atoms with Crippen LogP contribution in [-0.4, -0.2) is 12.5 Å². The summed E-state index contributed by atoms with van der Waals surface area (Å²) < 4.78 is 13.9. The molecule has 102 valence electrons. The quantitative estimate of drug-likeness (QED) is 0.777. The second-order valence-electron chi connectivity index (χ2n) is 4.91. The highest BCUT2D eigenvalue weighted by atomic mass is 35.5. The molecule has 1 amide bonds. The lowest BCUT2D eigenvalue weighted by Gasteiger charge is -2.19. The van der Waals surface area contributed by atoms with Crippen molar-refractivity contribution in [2.24, 2.45) is 0 Å². The Morgan fingerprint density at radius 3 is 2.85 bits per heavy atom. The summed E-state index contributed by atoms with van der Waals surface area (Å²) in [6.45, 7) is 2.55. The SMILES string of the molecule is Cc1cccc2c1N(C(=O)c1ccc(Cl)cc1F)CC2. The number of carbonyl (C=O) groups is 1. The first-order valence-corrected chi connectivity index (χ1v) is 6.81. The van der Waals surface area contributed by atoms with E-state index >= 15 is 0 Å². The predicted octanol–water partition coefficient (Wildman–Crippen LogP) is 3.99. The monoisotopic (exact) mass is 289 g/mol. The first-order valence-electron chi connectivity index (χ1n) is 6.43. The zero-order valence-electron chi connectivity index (χ0n) is 11.0. The molecular formula is C16H13ClFNO. The van der Waals surface area contributed by atoms with E-state index in [-0.39, 0.29) is 16.5 Å². The number of halogens is 2. The van der Waals surface area contributed by atoms with Crippen molar-refractivity contribution in [3.63, 3.8) is 0 Å². The van der Waals surface area contributed by atoms with Crippen molar-refractivity contribution < 1.29 is 9.18 Å². The van der Waals surface area contributed by atoms with Gasteiger partial charge in [0.15, 0.2) is 0 Å². The smallest absolute Gasteiger partial charge is 0.261 e. The highest BCUT2D eigenvalue weighted by molar-refractivity contribution is 6.30. The van der Waals surface area contributed by atoms with E-state index in [4.69, 9.17) is 11.6 Å². The van der Waals surface area contributed by atoms with Crippen LogP contribution in [0.5, 0.6) is 0 Å². The van der Waals surface area contributed by atoms with E-state index in [0.717, 1.165) is 23.2 Å². The second-order valence-corrected chi connectivity index (χ2v) is 5.35. The van der Waals surface area contributed by atoms with E-state index in [1.54, 1.807) is 4.90 Å². The van der Waals surface area contributed by atoms with Crippen LogP contribution in [0.3, 0.4) is 0 Å². The normalized spacial score (nSPS) is 13.4. The van der Waals surface area contributed by atoms with E-state index in [9.17, 15) is 9.18 Å². The number of fused-ring (bicyclic) bond motifs is 1. The average molecular weight is 290 g/mol. The van der Waals surface area contributed by atoms with E-state index in [1.165, 1.54) is 18.2 Å². The number of rotatable bonds is 1. The van der Waals surface area contributed by atoms with E-state index in [2.05, 4.69) is 0 Å². The number of nitrogens with zero attached hydrogens (tertiary/aromatic N) is 1. The molecule has 0 radical (unpaired) electrons. The van der Waals surface area contributed by atoms with Gasteiger partial charge in [0.25, 0.3) is 5.91 Å². The molecule has 0 saturated carbocycles.